The lowest BCUT2D eigenvalue weighted by Crippen LogP contribution is -2.43. The Morgan fingerprint density at radius 2 is 2.14 bits per heavy atom. The van der Waals surface area contributed by atoms with Crippen LogP contribution >= 0.6 is 0 Å². The number of aliphatic hydroxyl groups is 1. The summed E-state index contributed by atoms with van der Waals surface area (Å²) in [6.07, 6.45) is 2.02. The molecule has 1 fully saturated rings. The Kier molecular flexibility index (Phi) is 3.04. The van der Waals surface area contributed by atoms with E-state index >= 15 is 0 Å². The second kappa shape index (κ2) is 3.77. The van der Waals surface area contributed by atoms with E-state index in [9.17, 15) is 4.79 Å². The molecule has 0 atom stereocenters. The molecule has 1 aliphatic rings. The number of carbonyl (C=O) groups excluding carboxylic acids is 1. The molecular weight excluding hydrogens is 182 g/mol. The molecule has 0 aliphatic heterocycles. The molecule has 0 radical (unpaired) electrons. The van der Waals surface area contributed by atoms with Crippen LogP contribution in [-0.4, -0.2) is 28.9 Å². The van der Waals surface area contributed by atoms with Gasteiger partial charge in [-0.3, -0.25) is 0 Å². The SMILES string of the molecule is CCC(C)(C)OC(=O)NC1(CO)CC1. The second-order valence-electron chi connectivity index (χ2n) is 4.57. The number of nitrogens with one attached hydrogen (secondary N) is 1. The number of ether oxygens (including phenoxy) is 1. The summed E-state index contributed by atoms with van der Waals surface area (Å²) in [4.78, 5) is 11.4. The Morgan fingerprint density at radius 1 is 1.57 bits per heavy atom. The van der Waals surface area contributed by atoms with E-state index in [1.54, 1.807) is 0 Å². The van der Waals surface area contributed by atoms with Crippen molar-refractivity contribution in [2.24, 2.45) is 0 Å². The van der Waals surface area contributed by atoms with Gasteiger partial charge >= 0.3 is 6.09 Å². The van der Waals surface area contributed by atoms with Crippen molar-refractivity contribution in [1.29, 1.82) is 0 Å². The van der Waals surface area contributed by atoms with Gasteiger partial charge in [-0.25, -0.2) is 4.79 Å². The highest BCUT2D eigenvalue weighted by atomic mass is 16.6. The van der Waals surface area contributed by atoms with Crippen LogP contribution in [-0.2, 0) is 4.74 Å². The van der Waals surface area contributed by atoms with Gasteiger partial charge in [0.05, 0.1) is 12.1 Å². The summed E-state index contributed by atoms with van der Waals surface area (Å²) in [5.41, 5.74) is -0.823. The van der Waals surface area contributed by atoms with Gasteiger partial charge in [-0.2, -0.15) is 0 Å². The zero-order chi connectivity index (χ0) is 10.8. The Morgan fingerprint density at radius 3 is 2.50 bits per heavy atom. The van der Waals surface area contributed by atoms with E-state index in [-0.39, 0.29) is 12.1 Å². The largest absolute Gasteiger partial charge is 0.444 e. The van der Waals surface area contributed by atoms with Gasteiger partial charge in [-0.1, -0.05) is 6.92 Å². The first kappa shape index (κ1) is 11.3. The lowest BCUT2D eigenvalue weighted by atomic mass is 10.1. The molecule has 0 aromatic heterocycles. The Labute approximate surface area is 84.6 Å². The van der Waals surface area contributed by atoms with Crippen LogP contribution in [0.4, 0.5) is 4.79 Å². The van der Waals surface area contributed by atoms with Gasteiger partial charge in [0.2, 0.25) is 0 Å². The molecule has 4 nitrogen and oxygen atoms in total. The minimum Gasteiger partial charge on any atom is -0.444 e. The van der Waals surface area contributed by atoms with E-state index in [2.05, 4.69) is 5.32 Å². The average Bonchev–Trinajstić information content (AvgIpc) is 2.84. The van der Waals surface area contributed by atoms with Crippen molar-refractivity contribution in [1.82, 2.24) is 5.32 Å². The van der Waals surface area contributed by atoms with Crippen LogP contribution in [0.25, 0.3) is 0 Å². The van der Waals surface area contributed by atoms with Gasteiger partial charge in [-0.05, 0) is 33.1 Å². The Balaban J connectivity index is 2.36. The molecule has 1 saturated carbocycles. The predicted octanol–water partition coefficient (Wildman–Crippen LogP) is 1.43. The van der Waals surface area contributed by atoms with Crippen LogP contribution in [0.3, 0.4) is 0 Å². The lowest BCUT2D eigenvalue weighted by molar-refractivity contribution is 0.0315. The van der Waals surface area contributed by atoms with Crippen LogP contribution < -0.4 is 5.32 Å². The molecule has 1 aliphatic carbocycles. The van der Waals surface area contributed by atoms with Crippen molar-refractivity contribution in [3.05, 3.63) is 0 Å². The van der Waals surface area contributed by atoms with E-state index in [1.165, 1.54) is 0 Å². The van der Waals surface area contributed by atoms with Crippen molar-refractivity contribution in [3.8, 4) is 0 Å². The normalized spacial score (nSPS) is 18.9. The van der Waals surface area contributed by atoms with Crippen LogP contribution in [0.2, 0.25) is 0 Å². The highest BCUT2D eigenvalue weighted by molar-refractivity contribution is 5.69. The quantitative estimate of drug-likeness (QED) is 0.723. The molecule has 0 heterocycles. The number of hydrogen-bond donors (Lipinski definition) is 2. The van der Waals surface area contributed by atoms with Gasteiger partial charge in [0, 0.05) is 0 Å². The monoisotopic (exact) mass is 201 g/mol. The first-order chi connectivity index (χ1) is 6.43. The molecule has 1 amide bonds. The molecule has 4 heteroatoms. The molecule has 2 N–H and O–H groups in total. The zero-order valence-corrected chi connectivity index (χ0v) is 9.09. The van der Waals surface area contributed by atoms with Crippen LogP contribution in [0.1, 0.15) is 40.0 Å². The summed E-state index contributed by atoms with van der Waals surface area (Å²) in [6, 6.07) is 0. The first-order valence-corrected chi connectivity index (χ1v) is 5.05. The minimum absolute atomic E-state index is 0.00530. The summed E-state index contributed by atoms with van der Waals surface area (Å²) in [6.45, 7) is 5.69. The third-order valence-electron chi connectivity index (χ3n) is 2.74. The third-order valence-corrected chi connectivity index (χ3v) is 2.74. The summed E-state index contributed by atoms with van der Waals surface area (Å²) in [5.74, 6) is 0. The first-order valence-electron chi connectivity index (χ1n) is 5.05. The fourth-order valence-corrected chi connectivity index (χ4v) is 1.04. The van der Waals surface area contributed by atoms with E-state index in [0.29, 0.717) is 0 Å². The summed E-state index contributed by atoms with van der Waals surface area (Å²) >= 11 is 0. The van der Waals surface area contributed by atoms with Crippen LogP contribution in [0.15, 0.2) is 0 Å². The number of alkyl carbamates (subject to hydrolysis) is 1. The molecule has 0 unspecified atom stereocenters. The third kappa shape index (κ3) is 2.87. The van der Waals surface area contributed by atoms with E-state index < -0.39 is 11.7 Å². The highest BCUT2D eigenvalue weighted by Gasteiger charge is 2.44. The number of amides is 1. The molecule has 0 aromatic rings. The fraction of sp³-hybridized carbons (Fsp3) is 0.900. The van der Waals surface area contributed by atoms with Crippen LogP contribution in [0.5, 0.6) is 0 Å². The fourth-order valence-electron chi connectivity index (χ4n) is 1.04. The zero-order valence-electron chi connectivity index (χ0n) is 9.09. The summed E-state index contributed by atoms with van der Waals surface area (Å²) in [7, 11) is 0. The van der Waals surface area contributed by atoms with Crippen molar-refractivity contribution in [2.45, 2.75) is 51.2 Å². The lowest BCUT2D eigenvalue weighted by Gasteiger charge is -2.25. The van der Waals surface area contributed by atoms with E-state index in [0.717, 1.165) is 19.3 Å². The Hall–Kier alpha value is -0.770. The molecular formula is C10H19NO3. The number of aliphatic hydroxyl groups excluding tert-OH is 1. The molecule has 0 aromatic carbocycles. The number of hydrogen-bond acceptors (Lipinski definition) is 3. The van der Waals surface area contributed by atoms with Crippen LogP contribution in [0, 0.1) is 0 Å². The van der Waals surface area contributed by atoms with Crippen molar-refractivity contribution in [3.63, 3.8) is 0 Å². The Bertz CT molecular complexity index is 211. The van der Waals surface area contributed by atoms with Crippen molar-refractivity contribution in [2.75, 3.05) is 6.61 Å². The standard InChI is InChI=1S/C10H19NO3/c1-4-9(2,3)14-8(13)11-10(7-12)5-6-10/h12H,4-7H2,1-3H3,(H,11,13). The maximum absolute atomic E-state index is 11.4. The number of rotatable bonds is 4. The second-order valence-corrected chi connectivity index (χ2v) is 4.57. The molecule has 1 rings (SSSR count). The minimum atomic E-state index is -0.435. The maximum Gasteiger partial charge on any atom is 0.408 e. The van der Waals surface area contributed by atoms with Gasteiger partial charge in [0.15, 0.2) is 0 Å². The molecule has 0 saturated heterocycles. The molecule has 0 spiro atoms. The number of carbonyl (C=O) groups is 1. The smallest absolute Gasteiger partial charge is 0.408 e. The molecule has 0 bridgehead atoms. The maximum atomic E-state index is 11.4. The van der Waals surface area contributed by atoms with E-state index in [4.69, 9.17) is 9.84 Å². The summed E-state index contributed by atoms with van der Waals surface area (Å²) < 4.78 is 5.20. The van der Waals surface area contributed by atoms with Crippen molar-refractivity contribution < 1.29 is 14.6 Å². The van der Waals surface area contributed by atoms with Gasteiger partial charge in [-0.15, -0.1) is 0 Å². The van der Waals surface area contributed by atoms with Crippen molar-refractivity contribution >= 4 is 6.09 Å². The van der Waals surface area contributed by atoms with Gasteiger partial charge in [0.1, 0.15) is 5.60 Å². The van der Waals surface area contributed by atoms with E-state index in [1.807, 2.05) is 20.8 Å². The van der Waals surface area contributed by atoms with Gasteiger partial charge in [0.25, 0.3) is 0 Å². The molecule has 82 valence electrons. The average molecular weight is 201 g/mol. The highest BCUT2D eigenvalue weighted by Crippen LogP contribution is 2.34. The topological polar surface area (TPSA) is 58.6 Å². The van der Waals surface area contributed by atoms with Gasteiger partial charge < -0.3 is 15.2 Å². The molecule has 14 heavy (non-hydrogen) atoms. The summed E-state index contributed by atoms with van der Waals surface area (Å²) in [5, 5.41) is 11.7. The predicted molar refractivity (Wildman–Crippen MR) is 53.0 cm³/mol.